The summed E-state index contributed by atoms with van der Waals surface area (Å²) in [4.78, 5) is 27.6. The van der Waals surface area contributed by atoms with Crippen molar-refractivity contribution in [2.24, 2.45) is 0 Å². The third-order valence-electron chi connectivity index (χ3n) is 5.77. The highest BCUT2D eigenvalue weighted by Crippen LogP contribution is 2.36. The zero-order valence-electron chi connectivity index (χ0n) is 17.9. The van der Waals surface area contributed by atoms with Crippen LogP contribution in [-0.4, -0.2) is 42.1 Å². The quantitative estimate of drug-likeness (QED) is 0.424. The minimum absolute atomic E-state index is 0.201. The molecule has 4 aromatic rings. The number of para-hydroxylation sites is 1. The molecule has 1 aliphatic heterocycles. The van der Waals surface area contributed by atoms with E-state index in [1.54, 1.807) is 30.3 Å². The molecule has 9 heteroatoms. The van der Waals surface area contributed by atoms with E-state index < -0.39 is 0 Å². The predicted molar refractivity (Wildman–Crippen MR) is 132 cm³/mol. The second-order valence-electron chi connectivity index (χ2n) is 7.82. The van der Waals surface area contributed by atoms with E-state index in [9.17, 15) is 9.18 Å². The number of piperazine rings is 1. The molecule has 0 unspecified atom stereocenters. The van der Waals surface area contributed by atoms with Crippen LogP contribution in [0.4, 0.5) is 21.6 Å². The number of thiophene rings is 1. The van der Waals surface area contributed by atoms with Gasteiger partial charge >= 0.3 is 0 Å². The fourth-order valence-electron chi connectivity index (χ4n) is 4.13. The highest BCUT2D eigenvalue weighted by Gasteiger charge is 2.25. The van der Waals surface area contributed by atoms with E-state index in [1.165, 1.54) is 23.7 Å². The second kappa shape index (κ2) is 8.96. The number of fused-ring (bicyclic) bond motifs is 1. The monoisotopic (exact) mass is 481 g/mol. The SMILES string of the molecule is Cc1c(C(=O)Nc2cccc(Cl)c2)sc2ncnc(N3CCN(c4ccccc4F)CC3)c12. The molecule has 2 aromatic carbocycles. The summed E-state index contributed by atoms with van der Waals surface area (Å²) in [7, 11) is 0. The molecule has 0 saturated carbocycles. The van der Waals surface area contributed by atoms with Crippen LogP contribution in [0.25, 0.3) is 10.2 Å². The average molecular weight is 482 g/mol. The van der Waals surface area contributed by atoms with E-state index in [0.29, 0.717) is 47.5 Å². The molecule has 0 atom stereocenters. The van der Waals surface area contributed by atoms with Crippen molar-refractivity contribution in [3.05, 3.63) is 76.1 Å². The molecule has 1 fully saturated rings. The lowest BCUT2D eigenvalue weighted by molar-refractivity contribution is 0.103. The lowest BCUT2D eigenvalue weighted by atomic mass is 10.1. The number of aromatic nitrogens is 2. The summed E-state index contributed by atoms with van der Waals surface area (Å²) < 4.78 is 14.2. The van der Waals surface area contributed by atoms with Crippen molar-refractivity contribution < 1.29 is 9.18 Å². The van der Waals surface area contributed by atoms with Crippen molar-refractivity contribution in [1.82, 2.24) is 9.97 Å². The van der Waals surface area contributed by atoms with Crippen molar-refractivity contribution in [3.63, 3.8) is 0 Å². The van der Waals surface area contributed by atoms with Crippen molar-refractivity contribution >= 4 is 56.3 Å². The summed E-state index contributed by atoms with van der Waals surface area (Å²) in [6.07, 6.45) is 1.54. The molecule has 1 saturated heterocycles. The van der Waals surface area contributed by atoms with Crippen molar-refractivity contribution in [2.75, 3.05) is 41.3 Å². The van der Waals surface area contributed by atoms with Crippen LogP contribution in [0.1, 0.15) is 15.2 Å². The summed E-state index contributed by atoms with van der Waals surface area (Å²) in [6.45, 7) is 4.67. The van der Waals surface area contributed by atoms with Gasteiger partial charge in [0.15, 0.2) is 0 Å². The zero-order chi connectivity index (χ0) is 22.9. The highest BCUT2D eigenvalue weighted by molar-refractivity contribution is 7.20. The van der Waals surface area contributed by atoms with Crippen LogP contribution in [0.5, 0.6) is 0 Å². The number of anilines is 3. The number of hydrogen-bond donors (Lipinski definition) is 1. The Hall–Kier alpha value is -3.23. The van der Waals surface area contributed by atoms with E-state index in [-0.39, 0.29) is 11.7 Å². The number of hydrogen-bond acceptors (Lipinski definition) is 6. The number of rotatable bonds is 4. The van der Waals surface area contributed by atoms with Gasteiger partial charge in [0.2, 0.25) is 0 Å². The Bertz CT molecular complexity index is 1340. The molecular weight excluding hydrogens is 461 g/mol. The first-order valence-electron chi connectivity index (χ1n) is 10.6. The minimum Gasteiger partial charge on any atom is -0.366 e. The Morgan fingerprint density at radius 1 is 1.06 bits per heavy atom. The Balaban J connectivity index is 1.39. The molecular formula is C24H21ClFN5OS. The van der Waals surface area contributed by atoms with Gasteiger partial charge in [-0.05, 0) is 42.8 Å². The maximum Gasteiger partial charge on any atom is 0.266 e. The van der Waals surface area contributed by atoms with Gasteiger partial charge in [-0.25, -0.2) is 14.4 Å². The van der Waals surface area contributed by atoms with Crippen LogP contribution in [0.3, 0.4) is 0 Å². The maximum atomic E-state index is 14.2. The number of aryl methyl sites for hydroxylation is 1. The molecule has 1 amide bonds. The van der Waals surface area contributed by atoms with Gasteiger partial charge < -0.3 is 15.1 Å². The summed E-state index contributed by atoms with van der Waals surface area (Å²) in [5.41, 5.74) is 2.11. The van der Waals surface area contributed by atoms with Gasteiger partial charge in [-0.15, -0.1) is 11.3 Å². The fourth-order valence-corrected chi connectivity index (χ4v) is 5.36. The van der Waals surface area contributed by atoms with Gasteiger partial charge in [-0.1, -0.05) is 29.8 Å². The first-order valence-corrected chi connectivity index (χ1v) is 11.8. The standard InChI is InChI=1S/C24H21ClFN5OS/c1-15-20-22(31-11-9-30(10-12-31)19-8-3-2-7-18(19)26)27-14-28-24(20)33-21(15)23(32)29-17-6-4-5-16(25)13-17/h2-8,13-14H,9-12H2,1H3,(H,29,32). The summed E-state index contributed by atoms with van der Waals surface area (Å²) >= 11 is 7.39. The molecule has 5 rings (SSSR count). The van der Waals surface area contributed by atoms with Gasteiger partial charge in [-0.2, -0.15) is 0 Å². The average Bonchev–Trinajstić information content (AvgIpc) is 3.16. The summed E-state index contributed by atoms with van der Waals surface area (Å²) in [5, 5.41) is 4.36. The van der Waals surface area contributed by atoms with Gasteiger partial charge in [0.25, 0.3) is 5.91 Å². The zero-order valence-corrected chi connectivity index (χ0v) is 19.5. The highest BCUT2D eigenvalue weighted by atomic mass is 35.5. The number of carbonyl (C=O) groups excluding carboxylic acids is 1. The van der Waals surface area contributed by atoms with Crippen LogP contribution < -0.4 is 15.1 Å². The molecule has 1 N–H and O–H groups in total. The van der Waals surface area contributed by atoms with Crippen LogP contribution in [0, 0.1) is 12.7 Å². The number of nitrogens with zero attached hydrogens (tertiary/aromatic N) is 4. The third kappa shape index (κ3) is 4.24. The van der Waals surface area contributed by atoms with Crippen molar-refractivity contribution in [3.8, 4) is 0 Å². The van der Waals surface area contributed by atoms with Crippen LogP contribution >= 0.6 is 22.9 Å². The van der Waals surface area contributed by atoms with Gasteiger partial charge in [0, 0.05) is 36.9 Å². The normalized spacial score (nSPS) is 14.0. The topological polar surface area (TPSA) is 61.4 Å². The van der Waals surface area contributed by atoms with E-state index in [4.69, 9.17) is 11.6 Å². The smallest absolute Gasteiger partial charge is 0.266 e. The number of halogens is 2. The van der Waals surface area contributed by atoms with Crippen molar-refractivity contribution in [1.29, 1.82) is 0 Å². The Labute approximate surface area is 199 Å². The number of nitrogens with one attached hydrogen (secondary N) is 1. The van der Waals surface area contributed by atoms with Crippen LogP contribution in [0.2, 0.25) is 5.02 Å². The molecule has 6 nitrogen and oxygen atoms in total. The van der Waals surface area contributed by atoms with Gasteiger partial charge in [-0.3, -0.25) is 4.79 Å². The molecule has 2 aromatic heterocycles. The number of amides is 1. The summed E-state index contributed by atoms with van der Waals surface area (Å²) in [6, 6.07) is 13.9. The van der Waals surface area contributed by atoms with E-state index in [2.05, 4.69) is 25.1 Å². The molecule has 168 valence electrons. The Morgan fingerprint density at radius 3 is 2.58 bits per heavy atom. The second-order valence-corrected chi connectivity index (χ2v) is 9.26. The van der Waals surface area contributed by atoms with E-state index in [1.807, 2.05) is 19.1 Å². The van der Waals surface area contributed by atoms with Crippen molar-refractivity contribution in [2.45, 2.75) is 6.92 Å². The lowest BCUT2D eigenvalue weighted by Crippen LogP contribution is -2.47. The fraction of sp³-hybridized carbons (Fsp3) is 0.208. The number of benzene rings is 2. The number of carbonyl (C=O) groups is 1. The predicted octanol–water partition coefficient (Wildman–Crippen LogP) is 5.37. The lowest BCUT2D eigenvalue weighted by Gasteiger charge is -2.37. The molecule has 1 aliphatic rings. The molecule has 3 heterocycles. The summed E-state index contributed by atoms with van der Waals surface area (Å²) in [5.74, 6) is 0.399. The molecule has 0 spiro atoms. The van der Waals surface area contributed by atoms with Gasteiger partial charge in [0.1, 0.15) is 22.8 Å². The maximum absolute atomic E-state index is 14.2. The first kappa shape index (κ1) is 21.6. The van der Waals surface area contributed by atoms with Gasteiger partial charge in [0.05, 0.1) is 16.0 Å². The first-order chi connectivity index (χ1) is 16.0. The van der Waals surface area contributed by atoms with Crippen LogP contribution in [-0.2, 0) is 0 Å². The Kier molecular flexibility index (Phi) is 5.86. The van der Waals surface area contributed by atoms with E-state index >= 15 is 0 Å². The Morgan fingerprint density at radius 2 is 1.82 bits per heavy atom. The third-order valence-corrected chi connectivity index (χ3v) is 7.20. The molecule has 0 radical (unpaired) electrons. The molecule has 33 heavy (non-hydrogen) atoms. The molecule has 0 bridgehead atoms. The van der Waals surface area contributed by atoms with E-state index in [0.717, 1.165) is 21.6 Å². The minimum atomic E-state index is -0.209. The van der Waals surface area contributed by atoms with Crippen LogP contribution in [0.15, 0.2) is 54.9 Å². The molecule has 0 aliphatic carbocycles. The largest absolute Gasteiger partial charge is 0.366 e.